The number of esters is 1. The molecule has 8 heteroatoms. The molecule has 1 aromatic heterocycles. The van der Waals surface area contributed by atoms with E-state index in [1.807, 2.05) is 62.4 Å². The second kappa shape index (κ2) is 9.22. The number of carbonyl (C=O) groups excluding carboxylic acids is 1. The highest BCUT2D eigenvalue weighted by Crippen LogP contribution is 2.36. The number of carbonyl (C=O) groups is 1. The fourth-order valence-corrected chi connectivity index (χ4v) is 3.68. The lowest BCUT2D eigenvalue weighted by molar-refractivity contribution is -0.139. The molecule has 1 atom stereocenters. The first-order chi connectivity index (χ1) is 15.1. The van der Waals surface area contributed by atoms with Crippen molar-refractivity contribution >= 4 is 23.5 Å². The Morgan fingerprint density at radius 3 is 2.87 bits per heavy atom. The van der Waals surface area contributed by atoms with E-state index in [1.165, 1.54) is 6.33 Å². The van der Waals surface area contributed by atoms with E-state index in [2.05, 4.69) is 15.4 Å². The lowest BCUT2D eigenvalue weighted by atomic mass is 9.95. The summed E-state index contributed by atoms with van der Waals surface area (Å²) in [5, 5.41) is 8.13. The van der Waals surface area contributed by atoms with Gasteiger partial charge < -0.3 is 14.8 Å². The van der Waals surface area contributed by atoms with Crippen LogP contribution >= 0.6 is 11.6 Å². The van der Waals surface area contributed by atoms with Crippen LogP contribution in [-0.2, 0) is 16.1 Å². The number of nitrogens with zero attached hydrogens (tertiary/aromatic N) is 3. The highest BCUT2D eigenvalue weighted by molar-refractivity contribution is 6.31. The van der Waals surface area contributed by atoms with Gasteiger partial charge in [0, 0.05) is 16.3 Å². The summed E-state index contributed by atoms with van der Waals surface area (Å²) in [6.07, 6.45) is 2.21. The molecule has 4 rings (SSSR count). The Kier molecular flexibility index (Phi) is 6.23. The quantitative estimate of drug-likeness (QED) is 0.536. The smallest absolute Gasteiger partial charge is 0.338 e. The number of ether oxygens (including phenoxy) is 2. The van der Waals surface area contributed by atoms with Gasteiger partial charge in [0.25, 0.3) is 0 Å². The minimum Gasteiger partial charge on any atom is -0.489 e. The van der Waals surface area contributed by atoms with Crippen molar-refractivity contribution in [2.75, 3.05) is 11.9 Å². The predicted octanol–water partition coefficient (Wildman–Crippen LogP) is 4.75. The van der Waals surface area contributed by atoms with Gasteiger partial charge in [-0.05, 0) is 37.1 Å². The van der Waals surface area contributed by atoms with Gasteiger partial charge in [0.1, 0.15) is 24.7 Å². The van der Waals surface area contributed by atoms with Crippen molar-refractivity contribution in [3.8, 4) is 5.75 Å². The molecular weight excluding hydrogens is 416 g/mol. The fraction of sp³-hybridized carbons (Fsp3) is 0.261. The molecule has 2 heterocycles. The zero-order valence-electron chi connectivity index (χ0n) is 17.3. The van der Waals surface area contributed by atoms with E-state index in [0.717, 1.165) is 17.5 Å². The third-order valence-electron chi connectivity index (χ3n) is 4.98. The van der Waals surface area contributed by atoms with Crippen LogP contribution in [0.2, 0.25) is 5.02 Å². The Bertz CT molecular complexity index is 1130. The molecule has 0 aliphatic carbocycles. The number of nitrogens with one attached hydrogen (secondary N) is 1. The minimum absolute atomic E-state index is 0.337. The Labute approximate surface area is 185 Å². The molecule has 1 N–H and O–H groups in total. The van der Waals surface area contributed by atoms with Crippen molar-refractivity contribution < 1.29 is 14.3 Å². The number of aromatic nitrogens is 3. The molecule has 0 bridgehead atoms. The van der Waals surface area contributed by atoms with Crippen molar-refractivity contribution in [1.82, 2.24) is 14.8 Å². The number of benzene rings is 2. The summed E-state index contributed by atoms with van der Waals surface area (Å²) in [4.78, 5) is 17.1. The van der Waals surface area contributed by atoms with Crippen LogP contribution in [0.3, 0.4) is 0 Å². The fourth-order valence-electron chi connectivity index (χ4n) is 3.49. The van der Waals surface area contributed by atoms with Gasteiger partial charge >= 0.3 is 5.97 Å². The molecular formula is C23H23ClN4O3. The van der Waals surface area contributed by atoms with Gasteiger partial charge in [-0.2, -0.15) is 10.1 Å². The number of fused-ring (bicyclic) bond motifs is 1. The van der Waals surface area contributed by atoms with Crippen LogP contribution in [0.25, 0.3) is 0 Å². The summed E-state index contributed by atoms with van der Waals surface area (Å²) in [5.41, 5.74) is 2.92. The Morgan fingerprint density at radius 1 is 1.23 bits per heavy atom. The zero-order chi connectivity index (χ0) is 21.8. The number of hydrogen-bond acceptors (Lipinski definition) is 6. The van der Waals surface area contributed by atoms with Crippen molar-refractivity contribution in [3.63, 3.8) is 0 Å². The molecule has 0 saturated heterocycles. The van der Waals surface area contributed by atoms with Crippen molar-refractivity contribution in [1.29, 1.82) is 0 Å². The van der Waals surface area contributed by atoms with E-state index in [0.29, 0.717) is 41.2 Å². The first-order valence-electron chi connectivity index (χ1n) is 10.1. The van der Waals surface area contributed by atoms with Gasteiger partial charge in [-0.15, -0.1) is 0 Å². The van der Waals surface area contributed by atoms with Gasteiger partial charge in [0.15, 0.2) is 0 Å². The van der Waals surface area contributed by atoms with Gasteiger partial charge in [0.2, 0.25) is 5.95 Å². The summed E-state index contributed by atoms with van der Waals surface area (Å²) < 4.78 is 13.1. The highest BCUT2D eigenvalue weighted by Gasteiger charge is 2.34. The number of allylic oxidation sites excluding steroid dienone is 1. The molecule has 0 spiro atoms. The van der Waals surface area contributed by atoms with E-state index < -0.39 is 6.04 Å². The number of hydrogen-bond donors (Lipinski definition) is 1. The largest absolute Gasteiger partial charge is 0.489 e. The minimum atomic E-state index is -0.480. The van der Waals surface area contributed by atoms with Crippen LogP contribution in [0.4, 0.5) is 5.95 Å². The second-order valence-corrected chi connectivity index (χ2v) is 7.59. The summed E-state index contributed by atoms with van der Waals surface area (Å²) in [7, 11) is 0. The molecule has 1 aliphatic heterocycles. The van der Waals surface area contributed by atoms with Crippen LogP contribution in [0.15, 0.2) is 66.1 Å². The number of rotatable bonds is 7. The van der Waals surface area contributed by atoms with Crippen LogP contribution in [0.1, 0.15) is 37.4 Å². The maximum atomic E-state index is 12.9. The number of halogens is 1. The van der Waals surface area contributed by atoms with Crippen LogP contribution in [0, 0.1) is 0 Å². The molecule has 7 nitrogen and oxygen atoms in total. The molecule has 0 fully saturated rings. The van der Waals surface area contributed by atoms with Gasteiger partial charge in [0.05, 0.1) is 12.2 Å². The highest BCUT2D eigenvalue weighted by atomic mass is 35.5. The molecule has 0 radical (unpaired) electrons. The van der Waals surface area contributed by atoms with Crippen molar-refractivity contribution in [2.45, 2.75) is 32.9 Å². The van der Waals surface area contributed by atoms with Crippen LogP contribution in [-0.4, -0.2) is 27.3 Å². The number of anilines is 1. The van der Waals surface area contributed by atoms with Crippen LogP contribution in [0.5, 0.6) is 5.75 Å². The molecule has 1 aliphatic rings. The van der Waals surface area contributed by atoms with E-state index >= 15 is 0 Å². The third kappa shape index (κ3) is 4.41. The van der Waals surface area contributed by atoms with E-state index in [1.54, 1.807) is 4.68 Å². The summed E-state index contributed by atoms with van der Waals surface area (Å²) in [6.45, 7) is 4.49. The summed E-state index contributed by atoms with van der Waals surface area (Å²) in [6, 6.07) is 14.7. The summed E-state index contributed by atoms with van der Waals surface area (Å²) in [5.74, 6) is 0.855. The lowest BCUT2D eigenvalue weighted by Gasteiger charge is -2.28. The van der Waals surface area contributed by atoms with E-state index in [4.69, 9.17) is 21.1 Å². The maximum Gasteiger partial charge on any atom is 0.338 e. The molecule has 1 unspecified atom stereocenters. The molecule has 2 aromatic carbocycles. The molecule has 0 amide bonds. The van der Waals surface area contributed by atoms with Crippen LogP contribution < -0.4 is 10.1 Å². The zero-order valence-corrected chi connectivity index (χ0v) is 18.1. The normalized spacial score (nSPS) is 15.3. The monoisotopic (exact) mass is 438 g/mol. The van der Waals surface area contributed by atoms with Gasteiger partial charge in [-0.3, -0.25) is 0 Å². The van der Waals surface area contributed by atoms with E-state index in [-0.39, 0.29) is 5.97 Å². The first kappa shape index (κ1) is 20.9. The standard InChI is InChI=1S/C23H23ClN4O3/c1-3-11-30-22(29)20-15(2)27-23-25-14-26-28(23)21(20)16-8-6-9-18(12-16)31-13-17-7-4-5-10-19(17)24/h4-10,12,14,21H,3,11,13H2,1-2H3,(H,25,26,27). The Hall–Kier alpha value is -3.32. The first-order valence-corrected chi connectivity index (χ1v) is 10.5. The molecule has 160 valence electrons. The topological polar surface area (TPSA) is 78.3 Å². The van der Waals surface area contributed by atoms with Gasteiger partial charge in [-0.1, -0.05) is 48.9 Å². The molecule has 31 heavy (non-hydrogen) atoms. The molecule has 3 aromatic rings. The van der Waals surface area contributed by atoms with Crippen molar-refractivity contribution in [3.05, 3.63) is 82.3 Å². The predicted molar refractivity (Wildman–Crippen MR) is 118 cm³/mol. The summed E-state index contributed by atoms with van der Waals surface area (Å²) >= 11 is 6.24. The average Bonchev–Trinajstić information content (AvgIpc) is 3.24. The molecule has 0 saturated carbocycles. The van der Waals surface area contributed by atoms with E-state index in [9.17, 15) is 4.79 Å². The maximum absolute atomic E-state index is 12.9. The Balaban J connectivity index is 1.65. The van der Waals surface area contributed by atoms with Gasteiger partial charge in [-0.25, -0.2) is 9.48 Å². The SMILES string of the molecule is CCCOC(=O)C1=C(C)Nc2ncnn2C1c1cccc(OCc2ccccc2Cl)c1. The second-order valence-electron chi connectivity index (χ2n) is 7.18. The average molecular weight is 439 g/mol. The lowest BCUT2D eigenvalue weighted by Crippen LogP contribution is -2.29. The third-order valence-corrected chi connectivity index (χ3v) is 5.35. The Morgan fingerprint density at radius 2 is 2.06 bits per heavy atom. The van der Waals surface area contributed by atoms with Crippen molar-refractivity contribution in [2.24, 2.45) is 0 Å².